The number of hydrogen-bond acceptors (Lipinski definition) is 3. The van der Waals surface area contributed by atoms with Gasteiger partial charge in [-0.1, -0.05) is 18.0 Å². The Bertz CT molecular complexity index is 309. The van der Waals surface area contributed by atoms with E-state index in [4.69, 9.17) is 16.3 Å². The van der Waals surface area contributed by atoms with Crippen molar-refractivity contribution in [1.29, 1.82) is 0 Å². The van der Waals surface area contributed by atoms with Gasteiger partial charge in [0.25, 0.3) is 0 Å². The molecule has 0 saturated carbocycles. The van der Waals surface area contributed by atoms with Crippen LogP contribution in [0.15, 0.2) is 18.3 Å². The highest BCUT2D eigenvalue weighted by atomic mass is 35.5. The fraction of sp³-hybridized carbons (Fsp3) is 0.583. The minimum absolute atomic E-state index is 0.642. The van der Waals surface area contributed by atoms with Crippen LogP contribution in [0.3, 0.4) is 0 Å². The second kappa shape index (κ2) is 6.06. The van der Waals surface area contributed by atoms with Gasteiger partial charge in [-0.15, -0.1) is 0 Å². The molecule has 0 radical (unpaired) electrons. The van der Waals surface area contributed by atoms with E-state index in [1.807, 2.05) is 0 Å². The number of halogens is 1. The Morgan fingerprint density at radius 3 is 2.75 bits per heavy atom. The maximum Gasteiger partial charge on any atom is 0.213 e. The van der Waals surface area contributed by atoms with E-state index in [2.05, 4.69) is 9.88 Å². The second-order valence-electron chi connectivity index (χ2n) is 4.07. The molecule has 1 aromatic rings. The van der Waals surface area contributed by atoms with Gasteiger partial charge in [0, 0.05) is 18.8 Å². The summed E-state index contributed by atoms with van der Waals surface area (Å²) in [6.07, 6.45) is 5.62. The molecule has 4 heteroatoms. The number of pyridine rings is 1. The number of likely N-dealkylation sites (tertiary alicyclic amines) is 1. The first-order chi connectivity index (χ1) is 7.84. The van der Waals surface area contributed by atoms with Gasteiger partial charge >= 0.3 is 0 Å². The normalized spacial score (nSPS) is 17.3. The van der Waals surface area contributed by atoms with Crippen molar-refractivity contribution >= 4 is 11.6 Å². The van der Waals surface area contributed by atoms with E-state index in [0.29, 0.717) is 17.5 Å². The van der Waals surface area contributed by atoms with E-state index < -0.39 is 0 Å². The molecule has 2 heterocycles. The second-order valence-corrected chi connectivity index (χ2v) is 4.50. The van der Waals surface area contributed by atoms with Crippen molar-refractivity contribution in [3.8, 4) is 5.88 Å². The third-order valence-electron chi connectivity index (χ3n) is 2.81. The Kier molecular flexibility index (Phi) is 4.43. The van der Waals surface area contributed by atoms with Crippen molar-refractivity contribution in [1.82, 2.24) is 9.88 Å². The lowest BCUT2D eigenvalue weighted by atomic mass is 10.1. The molecule has 0 N–H and O–H groups in total. The Labute approximate surface area is 101 Å². The van der Waals surface area contributed by atoms with Crippen LogP contribution in [0.5, 0.6) is 5.88 Å². The molecule has 0 aromatic carbocycles. The summed E-state index contributed by atoms with van der Waals surface area (Å²) in [5, 5.41) is 0.642. The predicted molar refractivity (Wildman–Crippen MR) is 65.0 cm³/mol. The van der Waals surface area contributed by atoms with E-state index in [-0.39, 0.29) is 0 Å². The minimum atomic E-state index is 0.642. The Balaban J connectivity index is 1.69. The molecule has 0 aliphatic carbocycles. The number of piperidine rings is 1. The van der Waals surface area contributed by atoms with E-state index in [9.17, 15) is 0 Å². The van der Waals surface area contributed by atoms with Crippen LogP contribution in [0.2, 0.25) is 5.02 Å². The molecule has 0 unspecified atom stereocenters. The SMILES string of the molecule is Clc1ccc(OCCN2CCCCC2)nc1. The average molecular weight is 241 g/mol. The van der Waals surface area contributed by atoms with E-state index >= 15 is 0 Å². The maximum atomic E-state index is 5.74. The summed E-state index contributed by atoms with van der Waals surface area (Å²) in [5.74, 6) is 0.654. The molecule has 88 valence electrons. The van der Waals surface area contributed by atoms with Gasteiger partial charge < -0.3 is 4.74 Å². The number of rotatable bonds is 4. The van der Waals surface area contributed by atoms with Crippen LogP contribution >= 0.6 is 11.6 Å². The molecule has 0 amide bonds. The lowest BCUT2D eigenvalue weighted by Gasteiger charge is -2.25. The van der Waals surface area contributed by atoms with E-state index in [1.165, 1.54) is 32.4 Å². The quantitative estimate of drug-likeness (QED) is 0.809. The lowest BCUT2D eigenvalue weighted by Crippen LogP contribution is -2.33. The zero-order chi connectivity index (χ0) is 11.2. The smallest absolute Gasteiger partial charge is 0.213 e. The molecule has 3 nitrogen and oxygen atoms in total. The first-order valence-electron chi connectivity index (χ1n) is 5.81. The summed E-state index contributed by atoms with van der Waals surface area (Å²) >= 11 is 5.74. The van der Waals surface area contributed by atoms with E-state index in [1.54, 1.807) is 18.3 Å². The fourth-order valence-electron chi connectivity index (χ4n) is 1.91. The summed E-state index contributed by atoms with van der Waals surface area (Å²) in [4.78, 5) is 6.53. The van der Waals surface area contributed by atoms with E-state index in [0.717, 1.165) is 6.54 Å². The zero-order valence-corrected chi connectivity index (χ0v) is 10.1. The summed E-state index contributed by atoms with van der Waals surface area (Å²) in [7, 11) is 0. The zero-order valence-electron chi connectivity index (χ0n) is 9.36. The molecule has 1 aliphatic rings. The van der Waals surface area contributed by atoms with Crippen molar-refractivity contribution in [3.63, 3.8) is 0 Å². The highest BCUT2D eigenvalue weighted by Gasteiger charge is 2.09. The monoisotopic (exact) mass is 240 g/mol. The number of nitrogens with zero attached hydrogens (tertiary/aromatic N) is 2. The van der Waals surface area contributed by atoms with Gasteiger partial charge in [0.15, 0.2) is 0 Å². The molecule has 0 atom stereocenters. The van der Waals surface area contributed by atoms with Crippen molar-refractivity contribution in [2.24, 2.45) is 0 Å². The van der Waals surface area contributed by atoms with Gasteiger partial charge in [0.2, 0.25) is 5.88 Å². The van der Waals surface area contributed by atoms with Gasteiger partial charge in [-0.25, -0.2) is 4.98 Å². The van der Waals surface area contributed by atoms with Crippen LogP contribution in [0.1, 0.15) is 19.3 Å². The molecule has 0 bridgehead atoms. The predicted octanol–water partition coefficient (Wildman–Crippen LogP) is 2.60. The van der Waals surface area contributed by atoms with Gasteiger partial charge in [-0.2, -0.15) is 0 Å². The van der Waals surface area contributed by atoms with Crippen LogP contribution in [-0.2, 0) is 0 Å². The van der Waals surface area contributed by atoms with Gasteiger partial charge in [-0.05, 0) is 32.0 Å². The largest absolute Gasteiger partial charge is 0.476 e. The summed E-state index contributed by atoms with van der Waals surface area (Å²) in [6.45, 7) is 4.10. The maximum absolute atomic E-state index is 5.74. The summed E-state index contributed by atoms with van der Waals surface area (Å²) in [5.41, 5.74) is 0. The van der Waals surface area contributed by atoms with Gasteiger partial charge in [-0.3, -0.25) is 4.90 Å². The number of aromatic nitrogens is 1. The van der Waals surface area contributed by atoms with Crippen LogP contribution in [0, 0.1) is 0 Å². The number of hydrogen-bond donors (Lipinski definition) is 0. The molecule has 16 heavy (non-hydrogen) atoms. The fourth-order valence-corrected chi connectivity index (χ4v) is 2.02. The third-order valence-corrected chi connectivity index (χ3v) is 3.03. The molecular weight excluding hydrogens is 224 g/mol. The highest BCUT2D eigenvalue weighted by molar-refractivity contribution is 6.30. The van der Waals surface area contributed by atoms with Crippen molar-refractivity contribution in [2.45, 2.75) is 19.3 Å². The minimum Gasteiger partial charge on any atom is -0.476 e. The Morgan fingerprint density at radius 2 is 2.06 bits per heavy atom. The molecular formula is C12H17ClN2O. The molecule has 1 saturated heterocycles. The van der Waals surface area contributed by atoms with Gasteiger partial charge in [0.05, 0.1) is 5.02 Å². The molecule has 1 aliphatic heterocycles. The summed E-state index contributed by atoms with van der Waals surface area (Å²) < 4.78 is 5.55. The molecule has 2 rings (SSSR count). The van der Waals surface area contributed by atoms with Crippen LogP contribution < -0.4 is 4.74 Å². The van der Waals surface area contributed by atoms with Gasteiger partial charge in [0.1, 0.15) is 6.61 Å². The first kappa shape index (κ1) is 11.7. The van der Waals surface area contributed by atoms with Crippen molar-refractivity contribution < 1.29 is 4.74 Å². The topological polar surface area (TPSA) is 25.4 Å². The Morgan fingerprint density at radius 1 is 1.25 bits per heavy atom. The standard InChI is InChI=1S/C12H17ClN2O/c13-11-4-5-12(14-10-11)16-9-8-15-6-2-1-3-7-15/h4-5,10H,1-3,6-9H2. The van der Waals surface area contributed by atoms with Crippen LogP contribution in [0.25, 0.3) is 0 Å². The van der Waals surface area contributed by atoms with Crippen LogP contribution in [-0.4, -0.2) is 36.1 Å². The van der Waals surface area contributed by atoms with Crippen LogP contribution in [0.4, 0.5) is 0 Å². The highest BCUT2D eigenvalue weighted by Crippen LogP contribution is 2.12. The average Bonchev–Trinajstić information content (AvgIpc) is 2.33. The Hall–Kier alpha value is -0.800. The summed E-state index contributed by atoms with van der Waals surface area (Å²) in [6, 6.07) is 3.60. The first-order valence-corrected chi connectivity index (χ1v) is 6.19. The molecule has 0 spiro atoms. The molecule has 1 fully saturated rings. The molecule has 1 aromatic heterocycles. The lowest BCUT2D eigenvalue weighted by molar-refractivity contribution is 0.180. The van der Waals surface area contributed by atoms with Crippen molar-refractivity contribution in [2.75, 3.05) is 26.2 Å². The third kappa shape index (κ3) is 3.65. The number of ether oxygens (including phenoxy) is 1. The van der Waals surface area contributed by atoms with Crippen molar-refractivity contribution in [3.05, 3.63) is 23.4 Å².